The van der Waals surface area contributed by atoms with Crippen LogP contribution in [0.2, 0.25) is 0 Å². The Morgan fingerprint density at radius 2 is 1.55 bits per heavy atom. The van der Waals surface area contributed by atoms with Gasteiger partial charge in [-0.2, -0.15) is 0 Å². The molecule has 0 heterocycles. The van der Waals surface area contributed by atoms with E-state index < -0.39 is 34.1 Å². The second-order valence-corrected chi connectivity index (χ2v) is 9.07. The number of hydrogen-bond acceptors (Lipinski definition) is 4. The van der Waals surface area contributed by atoms with Crippen LogP contribution in [0.15, 0.2) is 77.7 Å². The highest BCUT2D eigenvalue weighted by molar-refractivity contribution is 7.92. The van der Waals surface area contributed by atoms with Crippen LogP contribution in [0, 0.1) is 11.6 Å². The fourth-order valence-electron chi connectivity index (χ4n) is 3.26. The minimum Gasteiger partial charge on any atom is -0.496 e. The molecule has 0 fully saturated rings. The number of rotatable bonds is 10. The second kappa shape index (κ2) is 10.9. The van der Waals surface area contributed by atoms with E-state index in [0.29, 0.717) is 19.4 Å². The number of para-hydroxylation sites is 1. The van der Waals surface area contributed by atoms with Crippen LogP contribution >= 0.6 is 0 Å². The van der Waals surface area contributed by atoms with E-state index in [9.17, 15) is 22.0 Å². The lowest BCUT2D eigenvalue weighted by Gasteiger charge is -2.24. The molecule has 1 amide bonds. The van der Waals surface area contributed by atoms with E-state index in [1.165, 1.54) is 12.1 Å². The zero-order valence-electron chi connectivity index (χ0n) is 18.0. The fraction of sp³-hybridized carbons (Fsp3) is 0.208. The van der Waals surface area contributed by atoms with Crippen LogP contribution in [0.3, 0.4) is 0 Å². The van der Waals surface area contributed by atoms with Gasteiger partial charge < -0.3 is 10.1 Å². The number of carbonyl (C=O) groups excluding carboxylic acids is 1. The molecular formula is C24H24F2N2O4S. The molecule has 0 unspecified atom stereocenters. The molecule has 0 radical (unpaired) electrons. The number of aryl methyl sites for hydroxylation is 1. The van der Waals surface area contributed by atoms with Gasteiger partial charge in [-0.1, -0.05) is 18.2 Å². The van der Waals surface area contributed by atoms with Crippen molar-refractivity contribution in [3.8, 4) is 5.75 Å². The van der Waals surface area contributed by atoms with Gasteiger partial charge in [-0.15, -0.1) is 0 Å². The van der Waals surface area contributed by atoms with E-state index in [1.54, 1.807) is 7.11 Å². The summed E-state index contributed by atoms with van der Waals surface area (Å²) in [5.74, 6) is -0.893. The van der Waals surface area contributed by atoms with Crippen LogP contribution in [-0.4, -0.2) is 34.5 Å². The Morgan fingerprint density at radius 1 is 0.939 bits per heavy atom. The topological polar surface area (TPSA) is 75.7 Å². The average Bonchev–Trinajstić information content (AvgIpc) is 2.81. The molecule has 0 aromatic heterocycles. The smallest absolute Gasteiger partial charge is 0.264 e. The van der Waals surface area contributed by atoms with E-state index in [0.717, 1.165) is 52.0 Å². The molecule has 174 valence electrons. The zero-order valence-corrected chi connectivity index (χ0v) is 18.8. The van der Waals surface area contributed by atoms with Gasteiger partial charge in [0.05, 0.1) is 17.7 Å². The first-order valence-electron chi connectivity index (χ1n) is 10.2. The number of halogens is 2. The van der Waals surface area contributed by atoms with E-state index in [4.69, 9.17) is 4.74 Å². The summed E-state index contributed by atoms with van der Waals surface area (Å²) in [5, 5.41) is 2.71. The molecule has 1 N–H and O–H groups in total. The second-order valence-electron chi connectivity index (χ2n) is 7.21. The number of nitrogens with one attached hydrogen (secondary N) is 1. The highest BCUT2D eigenvalue weighted by Gasteiger charge is 2.27. The van der Waals surface area contributed by atoms with Gasteiger partial charge in [-0.3, -0.25) is 9.10 Å². The first-order chi connectivity index (χ1) is 15.8. The minimum atomic E-state index is -4.19. The Kier molecular flexibility index (Phi) is 8.00. The van der Waals surface area contributed by atoms with Crippen LogP contribution in [0.5, 0.6) is 5.75 Å². The van der Waals surface area contributed by atoms with Crippen molar-refractivity contribution in [2.45, 2.75) is 17.7 Å². The monoisotopic (exact) mass is 474 g/mol. The van der Waals surface area contributed by atoms with Crippen molar-refractivity contribution in [1.29, 1.82) is 0 Å². The number of amides is 1. The molecule has 0 saturated heterocycles. The quantitative estimate of drug-likeness (QED) is 0.452. The molecule has 3 aromatic carbocycles. The third-order valence-corrected chi connectivity index (χ3v) is 6.73. The molecule has 3 aromatic rings. The summed E-state index contributed by atoms with van der Waals surface area (Å²) in [7, 11) is -2.61. The van der Waals surface area contributed by atoms with Crippen molar-refractivity contribution in [1.82, 2.24) is 5.32 Å². The number of hydrogen-bond donors (Lipinski definition) is 1. The van der Waals surface area contributed by atoms with Crippen molar-refractivity contribution in [3.63, 3.8) is 0 Å². The van der Waals surface area contributed by atoms with Crippen molar-refractivity contribution in [3.05, 3.63) is 90.0 Å². The van der Waals surface area contributed by atoms with Crippen LogP contribution in [0.25, 0.3) is 0 Å². The maximum absolute atomic E-state index is 13.4. The number of ether oxygens (including phenoxy) is 1. The van der Waals surface area contributed by atoms with Gasteiger partial charge in [-0.25, -0.2) is 17.2 Å². The molecule has 0 spiro atoms. The molecule has 0 aliphatic rings. The molecule has 0 bridgehead atoms. The molecule has 0 aliphatic carbocycles. The Labute approximate surface area is 191 Å². The lowest BCUT2D eigenvalue weighted by molar-refractivity contribution is -0.119. The third kappa shape index (κ3) is 6.29. The lowest BCUT2D eigenvalue weighted by Crippen LogP contribution is -2.41. The number of carbonyl (C=O) groups is 1. The Balaban J connectivity index is 1.70. The molecule has 0 saturated carbocycles. The lowest BCUT2D eigenvalue weighted by atomic mass is 10.1. The summed E-state index contributed by atoms with van der Waals surface area (Å²) in [4.78, 5) is 12.4. The van der Waals surface area contributed by atoms with Crippen LogP contribution in [0.1, 0.15) is 12.0 Å². The predicted octanol–water partition coefficient (Wildman–Crippen LogP) is 3.92. The SMILES string of the molecule is COc1ccccc1CCCNC(=O)CN(c1ccc(F)cc1)S(=O)(=O)c1ccc(F)cc1. The molecule has 33 heavy (non-hydrogen) atoms. The van der Waals surface area contributed by atoms with Crippen molar-refractivity contribution in [2.75, 3.05) is 24.5 Å². The first-order valence-corrected chi connectivity index (χ1v) is 11.7. The van der Waals surface area contributed by atoms with Crippen molar-refractivity contribution in [2.24, 2.45) is 0 Å². The maximum atomic E-state index is 13.4. The van der Waals surface area contributed by atoms with Gasteiger partial charge in [-0.05, 0) is 73.0 Å². The average molecular weight is 475 g/mol. The van der Waals surface area contributed by atoms with Gasteiger partial charge in [0.25, 0.3) is 10.0 Å². The standard InChI is InChI=1S/C24H24F2N2O4S/c1-32-23-7-3-2-5-18(23)6-4-16-27-24(29)17-28(21-12-8-19(25)9-13-21)33(30,31)22-14-10-20(26)11-15-22/h2-3,5,7-15H,4,6,16-17H2,1H3,(H,27,29). The predicted molar refractivity (Wildman–Crippen MR) is 122 cm³/mol. The highest BCUT2D eigenvalue weighted by Crippen LogP contribution is 2.24. The van der Waals surface area contributed by atoms with Gasteiger partial charge in [0.2, 0.25) is 5.91 Å². The van der Waals surface area contributed by atoms with Crippen molar-refractivity contribution < 1.29 is 26.7 Å². The summed E-state index contributed by atoms with van der Waals surface area (Å²) < 4.78 is 59.2. The Bertz CT molecular complexity index is 1180. The summed E-state index contributed by atoms with van der Waals surface area (Å²) in [6, 6.07) is 16.6. The first kappa shape index (κ1) is 24.2. The molecule has 0 aliphatic heterocycles. The number of anilines is 1. The molecule has 9 heteroatoms. The van der Waals surface area contributed by atoms with E-state index in [1.807, 2.05) is 24.3 Å². The van der Waals surface area contributed by atoms with Crippen LogP contribution < -0.4 is 14.4 Å². The van der Waals surface area contributed by atoms with Gasteiger partial charge in [0.1, 0.15) is 23.9 Å². The molecule has 3 rings (SSSR count). The Morgan fingerprint density at radius 3 is 2.18 bits per heavy atom. The highest BCUT2D eigenvalue weighted by atomic mass is 32.2. The molecule has 6 nitrogen and oxygen atoms in total. The minimum absolute atomic E-state index is 0.116. The fourth-order valence-corrected chi connectivity index (χ4v) is 4.68. The normalized spacial score (nSPS) is 11.1. The maximum Gasteiger partial charge on any atom is 0.264 e. The van der Waals surface area contributed by atoms with Gasteiger partial charge in [0, 0.05) is 6.54 Å². The largest absolute Gasteiger partial charge is 0.496 e. The summed E-state index contributed by atoms with van der Waals surface area (Å²) in [5.41, 5.74) is 1.12. The summed E-state index contributed by atoms with van der Waals surface area (Å²) in [6.07, 6.45) is 1.28. The van der Waals surface area contributed by atoms with E-state index in [-0.39, 0.29) is 10.6 Å². The molecule has 0 atom stereocenters. The summed E-state index contributed by atoms with van der Waals surface area (Å²) >= 11 is 0. The molecular weight excluding hydrogens is 450 g/mol. The summed E-state index contributed by atoms with van der Waals surface area (Å²) in [6.45, 7) is -0.190. The van der Waals surface area contributed by atoms with Crippen molar-refractivity contribution >= 4 is 21.6 Å². The van der Waals surface area contributed by atoms with E-state index in [2.05, 4.69) is 5.32 Å². The van der Waals surface area contributed by atoms with Crippen LogP contribution in [0.4, 0.5) is 14.5 Å². The van der Waals surface area contributed by atoms with Gasteiger partial charge in [0.15, 0.2) is 0 Å². The number of nitrogens with zero attached hydrogens (tertiary/aromatic N) is 1. The van der Waals surface area contributed by atoms with Crippen LogP contribution in [-0.2, 0) is 21.2 Å². The third-order valence-electron chi connectivity index (χ3n) is 4.94. The Hall–Kier alpha value is -3.46. The zero-order chi connectivity index (χ0) is 23.8. The number of benzene rings is 3. The number of methoxy groups -OCH3 is 1. The van der Waals surface area contributed by atoms with E-state index >= 15 is 0 Å². The number of sulfonamides is 1. The van der Waals surface area contributed by atoms with Gasteiger partial charge >= 0.3 is 0 Å².